The van der Waals surface area contributed by atoms with Gasteiger partial charge in [0.15, 0.2) is 11.0 Å². The van der Waals surface area contributed by atoms with Gasteiger partial charge in [-0.3, -0.25) is 4.79 Å². The predicted octanol–water partition coefficient (Wildman–Crippen LogP) is 0.803. The smallest absolute Gasteiger partial charge is 0.265 e. The summed E-state index contributed by atoms with van der Waals surface area (Å²) in [5, 5.41) is 7.03. The number of nitrogens with one attached hydrogen (secondary N) is 1. The average molecular weight is 296 g/mol. The molecule has 1 amide bonds. The Morgan fingerprint density at radius 3 is 2.85 bits per heavy atom. The number of thiazole rings is 1. The summed E-state index contributed by atoms with van der Waals surface area (Å²) in [6, 6.07) is 0. The SMILES string of the molecule is CCN(C)c1nc(N)c(C(=O)NCc2nc(C)no2)s1. The number of rotatable bonds is 5. The van der Waals surface area contributed by atoms with E-state index in [1.807, 2.05) is 18.9 Å². The minimum atomic E-state index is -0.299. The molecule has 108 valence electrons. The van der Waals surface area contributed by atoms with E-state index < -0.39 is 0 Å². The van der Waals surface area contributed by atoms with Gasteiger partial charge in [-0.15, -0.1) is 0 Å². The fraction of sp³-hybridized carbons (Fsp3) is 0.455. The van der Waals surface area contributed by atoms with E-state index in [9.17, 15) is 4.79 Å². The number of hydrogen-bond acceptors (Lipinski definition) is 8. The Labute approximate surface area is 120 Å². The first-order valence-corrected chi connectivity index (χ1v) is 6.87. The van der Waals surface area contributed by atoms with Gasteiger partial charge in [-0.1, -0.05) is 16.5 Å². The Balaban J connectivity index is 2.03. The van der Waals surface area contributed by atoms with Crippen molar-refractivity contribution < 1.29 is 9.32 Å². The Kier molecular flexibility index (Phi) is 4.18. The van der Waals surface area contributed by atoms with Crippen LogP contribution in [0.3, 0.4) is 0 Å². The van der Waals surface area contributed by atoms with E-state index in [0.29, 0.717) is 21.7 Å². The first kappa shape index (κ1) is 14.3. The number of carbonyl (C=O) groups excluding carboxylic acids is 1. The van der Waals surface area contributed by atoms with Crippen LogP contribution >= 0.6 is 11.3 Å². The molecule has 0 aromatic carbocycles. The van der Waals surface area contributed by atoms with Gasteiger partial charge in [0.05, 0.1) is 6.54 Å². The number of anilines is 2. The van der Waals surface area contributed by atoms with Crippen molar-refractivity contribution in [2.75, 3.05) is 24.2 Å². The van der Waals surface area contributed by atoms with Gasteiger partial charge in [-0.2, -0.15) is 4.98 Å². The monoisotopic (exact) mass is 296 g/mol. The zero-order chi connectivity index (χ0) is 14.7. The second kappa shape index (κ2) is 5.87. The molecule has 0 fully saturated rings. The van der Waals surface area contributed by atoms with Crippen molar-refractivity contribution in [3.63, 3.8) is 0 Å². The van der Waals surface area contributed by atoms with Gasteiger partial charge < -0.3 is 20.5 Å². The largest absolute Gasteiger partial charge is 0.382 e. The van der Waals surface area contributed by atoms with Crippen molar-refractivity contribution in [3.8, 4) is 0 Å². The number of aromatic nitrogens is 3. The van der Waals surface area contributed by atoms with E-state index >= 15 is 0 Å². The molecule has 9 heteroatoms. The van der Waals surface area contributed by atoms with E-state index in [-0.39, 0.29) is 18.3 Å². The standard InChI is InChI=1S/C11H16N6O2S/c1-4-17(3)11-15-9(12)8(20-11)10(18)13-5-7-14-6(2)16-19-7/h4-5,12H2,1-3H3,(H,13,18). The maximum Gasteiger partial charge on any atom is 0.265 e. The van der Waals surface area contributed by atoms with Crippen LogP contribution in [0.15, 0.2) is 4.52 Å². The number of aryl methyl sites for hydroxylation is 1. The molecule has 0 spiro atoms. The highest BCUT2D eigenvalue weighted by molar-refractivity contribution is 7.18. The van der Waals surface area contributed by atoms with Crippen LogP contribution in [0.5, 0.6) is 0 Å². The number of nitrogen functional groups attached to an aromatic ring is 1. The van der Waals surface area contributed by atoms with Crippen LogP contribution < -0.4 is 16.0 Å². The molecule has 0 unspecified atom stereocenters. The van der Waals surface area contributed by atoms with Crippen molar-refractivity contribution in [1.82, 2.24) is 20.4 Å². The lowest BCUT2D eigenvalue weighted by Gasteiger charge is -2.10. The average Bonchev–Trinajstić information content (AvgIpc) is 3.01. The number of amides is 1. The summed E-state index contributed by atoms with van der Waals surface area (Å²) < 4.78 is 4.91. The van der Waals surface area contributed by atoms with E-state index in [1.165, 1.54) is 11.3 Å². The number of hydrogen-bond donors (Lipinski definition) is 2. The number of carbonyl (C=O) groups is 1. The van der Waals surface area contributed by atoms with Crippen LogP contribution in [0, 0.1) is 6.92 Å². The Morgan fingerprint density at radius 1 is 1.50 bits per heavy atom. The molecule has 0 saturated heterocycles. The fourth-order valence-electron chi connectivity index (χ4n) is 1.43. The zero-order valence-corrected chi connectivity index (χ0v) is 12.3. The fourth-order valence-corrected chi connectivity index (χ4v) is 2.36. The van der Waals surface area contributed by atoms with Crippen molar-refractivity contribution in [3.05, 3.63) is 16.6 Å². The van der Waals surface area contributed by atoms with Crippen molar-refractivity contribution in [1.29, 1.82) is 0 Å². The van der Waals surface area contributed by atoms with Crippen LogP contribution in [0.1, 0.15) is 28.3 Å². The third kappa shape index (κ3) is 3.05. The molecule has 0 aliphatic carbocycles. The molecule has 2 rings (SSSR count). The Bertz CT molecular complexity index is 608. The molecular formula is C11H16N6O2S. The van der Waals surface area contributed by atoms with Gasteiger partial charge >= 0.3 is 0 Å². The molecule has 0 aliphatic rings. The van der Waals surface area contributed by atoms with Gasteiger partial charge in [0.1, 0.15) is 10.7 Å². The van der Waals surface area contributed by atoms with Gasteiger partial charge in [0.2, 0.25) is 5.89 Å². The first-order valence-electron chi connectivity index (χ1n) is 6.06. The Morgan fingerprint density at radius 2 is 2.25 bits per heavy atom. The maximum atomic E-state index is 12.0. The minimum Gasteiger partial charge on any atom is -0.382 e. The molecule has 2 aromatic rings. The van der Waals surface area contributed by atoms with E-state index in [1.54, 1.807) is 6.92 Å². The van der Waals surface area contributed by atoms with E-state index in [4.69, 9.17) is 10.3 Å². The van der Waals surface area contributed by atoms with Crippen LogP contribution in [-0.4, -0.2) is 34.6 Å². The zero-order valence-electron chi connectivity index (χ0n) is 11.5. The topological polar surface area (TPSA) is 110 Å². The van der Waals surface area contributed by atoms with Crippen LogP contribution in [-0.2, 0) is 6.54 Å². The molecular weight excluding hydrogens is 280 g/mol. The molecule has 3 N–H and O–H groups in total. The molecule has 2 heterocycles. The molecule has 8 nitrogen and oxygen atoms in total. The summed E-state index contributed by atoms with van der Waals surface area (Å²) in [5.74, 6) is 0.805. The summed E-state index contributed by atoms with van der Waals surface area (Å²) in [6.45, 7) is 4.66. The molecule has 2 aromatic heterocycles. The Hall–Kier alpha value is -2.16. The molecule has 0 saturated carbocycles. The maximum absolute atomic E-state index is 12.0. The predicted molar refractivity (Wildman–Crippen MR) is 75.7 cm³/mol. The van der Waals surface area contributed by atoms with Crippen LogP contribution in [0.2, 0.25) is 0 Å². The van der Waals surface area contributed by atoms with E-state index in [0.717, 1.165) is 6.54 Å². The highest BCUT2D eigenvalue weighted by atomic mass is 32.1. The summed E-state index contributed by atoms with van der Waals surface area (Å²) in [5.41, 5.74) is 5.77. The lowest BCUT2D eigenvalue weighted by molar-refractivity contribution is 0.0951. The third-order valence-electron chi connectivity index (χ3n) is 2.62. The molecule has 0 radical (unpaired) electrons. The van der Waals surface area contributed by atoms with Gasteiger partial charge in [0, 0.05) is 13.6 Å². The minimum absolute atomic E-state index is 0.163. The van der Waals surface area contributed by atoms with Gasteiger partial charge in [0.25, 0.3) is 5.91 Å². The second-order valence-corrected chi connectivity index (χ2v) is 5.12. The summed E-state index contributed by atoms with van der Waals surface area (Å²) in [6.07, 6.45) is 0. The van der Waals surface area contributed by atoms with Gasteiger partial charge in [-0.25, -0.2) is 4.98 Å². The highest BCUT2D eigenvalue weighted by Gasteiger charge is 2.18. The second-order valence-electron chi connectivity index (χ2n) is 4.14. The highest BCUT2D eigenvalue weighted by Crippen LogP contribution is 2.27. The third-order valence-corrected chi connectivity index (χ3v) is 3.80. The van der Waals surface area contributed by atoms with Crippen molar-refractivity contribution in [2.45, 2.75) is 20.4 Å². The van der Waals surface area contributed by atoms with E-state index in [2.05, 4.69) is 20.4 Å². The van der Waals surface area contributed by atoms with Crippen LogP contribution in [0.4, 0.5) is 10.9 Å². The lowest BCUT2D eigenvalue weighted by atomic mass is 10.4. The van der Waals surface area contributed by atoms with Crippen LogP contribution in [0.25, 0.3) is 0 Å². The van der Waals surface area contributed by atoms with Crippen molar-refractivity contribution >= 4 is 28.2 Å². The normalized spacial score (nSPS) is 10.6. The summed E-state index contributed by atoms with van der Waals surface area (Å²) in [4.78, 5) is 22.5. The summed E-state index contributed by atoms with van der Waals surface area (Å²) in [7, 11) is 1.89. The number of nitrogens with zero attached hydrogens (tertiary/aromatic N) is 4. The van der Waals surface area contributed by atoms with Gasteiger partial charge in [-0.05, 0) is 13.8 Å². The number of nitrogens with two attached hydrogens (primary N) is 1. The quantitative estimate of drug-likeness (QED) is 0.839. The lowest BCUT2D eigenvalue weighted by Crippen LogP contribution is -2.22. The summed E-state index contributed by atoms with van der Waals surface area (Å²) >= 11 is 1.25. The molecule has 0 aliphatic heterocycles. The van der Waals surface area contributed by atoms with Crippen molar-refractivity contribution in [2.24, 2.45) is 0 Å². The molecule has 0 bridgehead atoms. The molecule has 0 atom stereocenters. The molecule has 20 heavy (non-hydrogen) atoms. The first-order chi connectivity index (χ1) is 9.51.